The summed E-state index contributed by atoms with van der Waals surface area (Å²) in [6.07, 6.45) is 2.62. The van der Waals surface area contributed by atoms with Gasteiger partial charge in [-0.3, -0.25) is 4.52 Å². The topological polar surface area (TPSA) is 143 Å². The van der Waals surface area contributed by atoms with Crippen molar-refractivity contribution < 1.29 is 32.4 Å². The number of thiazole rings is 1. The predicted molar refractivity (Wildman–Crippen MR) is 128 cm³/mol. The third-order valence-electron chi connectivity index (χ3n) is 5.69. The van der Waals surface area contributed by atoms with Crippen molar-refractivity contribution in [1.82, 2.24) is 19.7 Å². The van der Waals surface area contributed by atoms with Gasteiger partial charge >= 0.3 is 7.82 Å². The normalized spacial score (nSPS) is 14.2. The fourth-order valence-corrected chi connectivity index (χ4v) is 4.98. The first-order valence-corrected chi connectivity index (χ1v) is 13.1. The van der Waals surface area contributed by atoms with E-state index in [1.54, 1.807) is 36.6 Å². The number of hydrogen-bond donors (Lipinski definition) is 2. The Labute approximate surface area is 214 Å². The minimum atomic E-state index is -4.93. The average Bonchev–Trinajstić information content (AvgIpc) is 3.55. The zero-order valence-corrected chi connectivity index (χ0v) is 20.9. The predicted octanol–water partition coefficient (Wildman–Crippen LogP) is 4.33. The minimum Gasteiger partial charge on any atom is -0.341 e. The van der Waals surface area contributed by atoms with Gasteiger partial charge in [0.15, 0.2) is 6.79 Å². The van der Waals surface area contributed by atoms with Gasteiger partial charge in [-0.05, 0) is 18.2 Å². The van der Waals surface area contributed by atoms with Crippen molar-refractivity contribution in [3.05, 3.63) is 88.3 Å². The molecule has 0 aliphatic carbocycles. The molecular weight excluding hydrogens is 529 g/mol. The lowest BCUT2D eigenvalue weighted by Gasteiger charge is -2.38. The first-order chi connectivity index (χ1) is 17.6. The molecule has 4 rings (SSSR count). The maximum Gasteiger partial charge on any atom is 0.471 e. The number of aromatic nitrogens is 4. The molecule has 4 aromatic rings. The smallest absolute Gasteiger partial charge is 0.341 e. The van der Waals surface area contributed by atoms with Gasteiger partial charge in [-0.1, -0.05) is 25.1 Å². The van der Waals surface area contributed by atoms with Gasteiger partial charge in [-0.15, -0.1) is 11.3 Å². The van der Waals surface area contributed by atoms with Gasteiger partial charge in [0.25, 0.3) is 0 Å². The molecule has 2 heterocycles. The van der Waals surface area contributed by atoms with Gasteiger partial charge in [0.05, 0.1) is 28.9 Å². The Balaban J connectivity index is 1.80. The first kappa shape index (κ1) is 26.7. The third-order valence-corrected chi connectivity index (χ3v) is 7.16. The van der Waals surface area contributed by atoms with Crippen LogP contribution in [0.3, 0.4) is 0 Å². The van der Waals surface area contributed by atoms with Crippen molar-refractivity contribution in [3.63, 3.8) is 0 Å². The molecular formula is C23H20F2N5O5PS. The molecule has 0 aliphatic heterocycles. The Morgan fingerprint density at radius 3 is 2.65 bits per heavy atom. The van der Waals surface area contributed by atoms with Crippen molar-refractivity contribution in [3.8, 4) is 17.3 Å². The van der Waals surface area contributed by atoms with Crippen LogP contribution in [0, 0.1) is 23.0 Å². The Hall–Kier alpha value is -3.37. The molecule has 192 valence electrons. The average molecular weight is 549 g/mol. The summed E-state index contributed by atoms with van der Waals surface area (Å²) in [5.74, 6) is -2.51. The summed E-state index contributed by atoms with van der Waals surface area (Å²) < 4.78 is 52.2. The van der Waals surface area contributed by atoms with Crippen LogP contribution >= 0.6 is 19.2 Å². The third kappa shape index (κ3) is 6.14. The van der Waals surface area contributed by atoms with Gasteiger partial charge in [0.1, 0.15) is 29.9 Å². The minimum absolute atomic E-state index is 0.0960. The maximum atomic E-state index is 15.2. The summed E-state index contributed by atoms with van der Waals surface area (Å²) in [5, 5.41) is 15.4. The van der Waals surface area contributed by atoms with E-state index < -0.39 is 37.8 Å². The lowest BCUT2D eigenvalue weighted by atomic mass is 9.81. The number of nitrogens with zero attached hydrogens (tertiary/aromatic N) is 5. The Morgan fingerprint density at radius 1 is 1.27 bits per heavy atom. The molecule has 14 heteroatoms. The summed E-state index contributed by atoms with van der Waals surface area (Å²) in [7, 11) is -4.93. The Morgan fingerprint density at radius 2 is 2.03 bits per heavy atom. The molecule has 2 aromatic carbocycles. The number of hydrogen-bond acceptors (Lipinski definition) is 8. The quantitative estimate of drug-likeness (QED) is 0.218. The molecule has 0 amide bonds. The maximum absolute atomic E-state index is 15.2. The van der Waals surface area contributed by atoms with E-state index in [9.17, 15) is 18.7 Å². The number of ether oxygens (including phenoxy) is 1. The van der Waals surface area contributed by atoms with Crippen LogP contribution in [0.15, 0.2) is 60.5 Å². The zero-order chi connectivity index (χ0) is 26.6. The highest BCUT2D eigenvalue weighted by Gasteiger charge is 2.45. The summed E-state index contributed by atoms with van der Waals surface area (Å²) >= 11 is 1.25. The number of rotatable bonds is 10. The largest absolute Gasteiger partial charge is 0.471 e. The van der Waals surface area contributed by atoms with Gasteiger partial charge in [-0.2, -0.15) is 10.4 Å². The van der Waals surface area contributed by atoms with Crippen LogP contribution in [-0.4, -0.2) is 36.3 Å². The van der Waals surface area contributed by atoms with E-state index >= 15 is 4.39 Å². The van der Waals surface area contributed by atoms with Crippen LogP contribution in [-0.2, 0) is 26.0 Å². The molecule has 0 fully saturated rings. The summed E-state index contributed by atoms with van der Waals surface area (Å²) in [6, 6.07) is 11.8. The SMILES string of the molecule is C[C@@H](c1n[14c](-c2ccc(C#N)cc2)cs1)[C@@](Cn1cncn1)(OCOP(=O)(O)O)c1ccc(F)cc1F. The number of phosphoric acid groups is 1. The van der Waals surface area contributed by atoms with E-state index in [1.165, 1.54) is 34.7 Å². The van der Waals surface area contributed by atoms with E-state index in [0.29, 0.717) is 22.3 Å². The van der Waals surface area contributed by atoms with Crippen molar-refractivity contribution in [2.45, 2.75) is 25.0 Å². The van der Waals surface area contributed by atoms with Crippen molar-refractivity contribution in [2.75, 3.05) is 6.79 Å². The van der Waals surface area contributed by atoms with E-state index in [-0.39, 0.29) is 12.1 Å². The monoisotopic (exact) mass is 549 g/mol. The van der Waals surface area contributed by atoms with Gasteiger partial charge < -0.3 is 14.5 Å². The van der Waals surface area contributed by atoms with Gasteiger partial charge in [-0.25, -0.2) is 28.0 Å². The summed E-state index contributed by atoms with van der Waals surface area (Å²) in [5.41, 5.74) is 0.0257. The molecule has 37 heavy (non-hydrogen) atoms. The van der Waals surface area contributed by atoms with Crippen LogP contribution in [0.5, 0.6) is 0 Å². The Bertz CT molecular complexity index is 1460. The molecule has 10 nitrogen and oxygen atoms in total. The van der Waals surface area contributed by atoms with Crippen molar-refractivity contribution in [1.29, 1.82) is 5.26 Å². The number of nitriles is 1. The second kappa shape index (κ2) is 10.9. The van der Waals surface area contributed by atoms with Gasteiger partial charge in [0, 0.05) is 28.5 Å². The molecule has 0 saturated heterocycles. The van der Waals surface area contributed by atoms with E-state index in [2.05, 4.69) is 25.7 Å². The lowest BCUT2D eigenvalue weighted by Crippen LogP contribution is -2.41. The second-order valence-corrected chi connectivity index (χ2v) is 10.1. The molecule has 2 atom stereocenters. The van der Waals surface area contributed by atoms with E-state index in [1.807, 2.05) is 0 Å². The molecule has 2 N–H and O–H groups in total. The number of benzene rings is 2. The standard InChI is InChI=1S/C23H20F2N5O5PS/c1-15(22-29-21(10-37-22)17-4-2-16(9-26)3-5-17)23(11-30-13-27-12-28-30,34-14-35-36(31,32)33)19-7-6-18(24)8-20(19)25/h2-8,10,12-13,15H,11,14H2,1H3,(H2,31,32,33)/t15-,23+/m0/s1/i21+2. The molecule has 2 aromatic heterocycles. The number of halogens is 2. The van der Waals surface area contributed by atoms with Crippen molar-refractivity contribution in [2.24, 2.45) is 0 Å². The Kier molecular flexibility index (Phi) is 7.89. The van der Waals surface area contributed by atoms with Gasteiger partial charge in [0.2, 0.25) is 0 Å². The molecule has 0 unspecified atom stereocenters. The molecule has 0 saturated carbocycles. The van der Waals surface area contributed by atoms with Crippen LogP contribution in [0.4, 0.5) is 8.78 Å². The highest BCUT2D eigenvalue weighted by Crippen LogP contribution is 2.45. The highest BCUT2D eigenvalue weighted by molar-refractivity contribution is 7.46. The summed E-state index contributed by atoms with van der Waals surface area (Å²) in [6.45, 7) is 0.611. The van der Waals surface area contributed by atoms with Crippen molar-refractivity contribution >= 4 is 19.2 Å². The lowest BCUT2D eigenvalue weighted by molar-refractivity contribution is -0.140. The molecule has 0 aliphatic rings. The summed E-state index contributed by atoms with van der Waals surface area (Å²) in [4.78, 5) is 26.9. The highest BCUT2D eigenvalue weighted by atomic mass is 32.1. The second-order valence-electron chi connectivity index (χ2n) is 7.97. The van der Waals surface area contributed by atoms with Crippen LogP contribution in [0.1, 0.15) is 29.0 Å². The van der Waals surface area contributed by atoms with Crippen LogP contribution in [0.25, 0.3) is 11.3 Å². The zero-order valence-electron chi connectivity index (χ0n) is 19.2. The molecule has 0 spiro atoms. The first-order valence-electron chi connectivity index (χ1n) is 10.7. The van der Waals surface area contributed by atoms with Crippen LogP contribution in [0.2, 0.25) is 0 Å². The molecule has 0 radical (unpaired) electrons. The van der Waals surface area contributed by atoms with E-state index in [4.69, 9.17) is 10.00 Å². The molecule has 0 bridgehead atoms. The number of phosphoric ester groups is 1. The van der Waals surface area contributed by atoms with Crippen LogP contribution < -0.4 is 0 Å². The fraction of sp³-hybridized carbons (Fsp3) is 0.217. The fourth-order valence-electron chi connectivity index (χ4n) is 3.83. The van der Waals surface area contributed by atoms with E-state index in [0.717, 1.165) is 11.6 Å².